The van der Waals surface area contributed by atoms with Crippen molar-refractivity contribution in [1.82, 2.24) is 0 Å². The lowest BCUT2D eigenvalue weighted by molar-refractivity contribution is -0.0399. The molecule has 0 N–H and O–H groups in total. The van der Waals surface area contributed by atoms with Gasteiger partial charge in [-0.25, -0.2) is 0 Å². The zero-order valence-electron chi connectivity index (χ0n) is 23.2. The summed E-state index contributed by atoms with van der Waals surface area (Å²) in [5.41, 5.74) is 14.1. The summed E-state index contributed by atoms with van der Waals surface area (Å²) in [6, 6.07) is 42.8. The van der Waals surface area contributed by atoms with Crippen LogP contribution in [0.5, 0.6) is 0 Å². The van der Waals surface area contributed by atoms with Crippen molar-refractivity contribution < 1.29 is 0 Å². The van der Waals surface area contributed by atoms with Crippen LogP contribution >= 0.6 is 11.6 Å². The Hall–Kier alpha value is -3.61. The normalized spacial score (nSPS) is 26.8. The first-order valence-corrected chi connectivity index (χ1v) is 15.8. The van der Waals surface area contributed by atoms with Crippen LogP contribution in [0.4, 0.5) is 0 Å². The standard InChI is InChI=1S/C40H33Cl/c41-34-18-16-30(17-19-34)28-10-8-27(9-11-28)29-12-14-31(15-13-29)35-5-3-7-38-39(35)36-4-1-2-6-37(36)40(38)32-21-25-20-26(23-32)24-33(40)22-25/h1-19,25-26,32-33H,20-24H2. The molecule has 1 heteroatoms. The van der Waals surface area contributed by atoms with Crippen LogP contribution in [0, 0.1) is 23.7 Å². The van der Waals surface area contributed by atoms with Crippen molar-refractivity contribution in [2.45, 2.75) is 37.5 Å². The maximum atomic E-state index is 6.08. The van der Waals surface area contributed by atoms with Crippen molar-refractivity contribution in [3.05, 3.63) is 131 Å². The SMILES string of the molecule is Clc1ccc(-c2ccc(-c3ccc(-c4cccc5c4-c4ccccc4C54C5CC6CC(C5)CC4C6)cc3)cc2)cc1. The van der Waals surface area contributed by atoms with E-state index in [4.69, 9.17) is 11.6 Å². The molecular weight excluding hydrogens is 516 g/mol. The number of halogens is 1. The van der Waals surface area contributed by atoms with Crippen LogP contribution in [0.25, 0.3) is 44.5 Å². The van der Waals surface area contributed by atoms with E-state index in [-0.39, 0.29) is 5.41 Å². The largest absolute Gasteiger partial charge is 0.0843 e. The highest BCUT2D eigenvalue weighted by Gasteiger charge is 2.61. The Balaban J connectivity index is 1.10. The summed E-state index contributed by atoms with van der Waals surface area (Å²) in [6.45, 7) is 0. The highest BCUT2D eigenvalue weighted by molar-refractivity contribution is 6.30. The highest BCUT2D eigenvalue weighted by atomic mass is 35.5. The molecule has 0 unspecified atom stereocenters. The molecule has 4 fully saturated rings. The Labute approximate surface area is 248 Å². The van der Waals surface area contributed by atoms with E-state index in [1.54, 1.807) is 11.1 Å². The van der Waals surface area contributed by atoms with Gasteiger partial charge < -0.3 is 0 Å². The van der Waals surface area contributed by atoms with Gasteiger partial charge in [0.15, 0.2) is 0 Å². The van der Waals surface area contributed by atoms with Crippen molar-refractivity contribution in [3.63, 3.8) is 0 Å². The summed E-state index contributed by atoms with van der Waals surface area (Å²) in [6.07, 6.45) is 7.20. The molecule has 5 aliphatic rings. The molecule has 0 atom stereocenters. The maximum Gasteiger partial charge on any atom is 0.0406 e. The smallest absolute Gasteiger partial charge is 0.0406 e. The van der Waals surface area contributed by atoms with Crippen LogP contribution < -0.4 is 0 Å². The molecule has 0 aromatic heterocycles. The quantitative estimate of drug-likeness (QED) is 0.210. The van der Waals surface area contributed by atoms with E-state index >= 15 is 0 Å². The summed E-state index contributed by atoms with van der Waals surface area (Å²) in [5.74, 6) is 3.54. The molecule has 0 amide bonds. The summed E-state index contributed by atoms with van der Waals surface area (Å²) in [7, 11) is 0. The van der Waals surface area contributed by atoms with Gasteiger partial charge in [0, 0.05) is 10.4 Å². The van der Waals surface area contributed by atoms with Gasteiger partial charge in [0.05, 0.1) is 0 Å². The zero-order chi connectivity index (χ0) is 27.1. The van der Waals surface area contributed by atoms with E-state index in [0.717, 1.165) is 28.7 Å². The molecule has 0 heterocycles. The van der Waals surface area contributed by atoms with E-state index in [1.165, 1.54) is 76.6 Å². The zero-order valence-corrected chi connectivity index (χ0v) is 23.9. The molecule has 4 bridgehead atoms. The number of hydrogen-bond acceptors (Lipinski definition) is 0. The third-order valence-corrected chi connectivity index (χ3v) is 11.4. The first kappa shape index (κ1) is 24.0. The number of hydrogen-bond donors (Lipinski definition) is 0. The van der Waals surface area contributed by atoms with Crippen molar-refractivity contribution in [2.24, 2.45) is 23.7 Å². The van der Waals surface area contributed by atoms with Crippen LogP contribution in [0.1, 0.15) is 43.2 Å². The van der Waals surface area contributed by atoms with Crippen molar-refractivity contribution >= 4 is 11.6 Å². The summed E-state index contributed by atoms with van der Waals surface area (Å²) < 4.78 is 0. The Morgan fingerprint density at radius 2 is 0.902 bits per heavy atom. The van der Waals surface area contributed by atoms with E-state index in [1.807, 2.05) is 12.1 Å². The Morgan fingerprint density at radius 3 is 1.49 bits per heavy atom. The average molecular weight is 549 g/mol. The summed E-state index contributed by atoms with van der Waals surface area (Å²) in [4.78, 5) is 0. The molecule has 0 nitrogen and oxygen atoms in total. The summed E-state index contributed by atoms with van der Waals surface area (Å²) >= 11 is 6.08. The minimum Gasteiger partial charge on any atom is -0.0843 e. The Kier molecular flexibility index (Phi) is 5.24. The minimum absolute atomic E-state index is 0.223. The van der Waals surface area contributed by atoms with Crippen molar-refractivity contribution in [3.8, 4) is 44.5 Å². The number of fused-ring (bicyclic) bond motifs is 3. The molecule has 5 aromatic carbocycles. The molecule has 200 valence electrons. The topological polar surface area (TPSA) is 0 Å². The molecule has 0 aliphatic heterocycles. The third kappa shape index (κ3) is 3.47. The lowest BCUT2D eigenvalue weighted by Crippen LogP contribution is -2.55. The molecule has 1 spiro atoms. The van der Waals surface area contributed by atoms with Gasteiger partial charge >= 0.3 is 0 Å². The lowest BCUT2D eigenvalue weighted by atomic mass is 9.43. The van der Waals surface area contributed by atoms with E-state index in [0.29, 0.717) is 0 Å². The second-order valence-corrected chi connectivity index (χ2v) is 13.5. The fourth-order valence-electron chi connectivity index (χ4n) is 9.78. The van der Waals surface area contributed by atoms with Gasteiger partial charge in [-0.15, -0.1) is 0 Å². The van der Waals surface area contributed by atoms with Gasteiger partial charge in [-0.1, -0.05) is 115 Å². The van der Waals surface area contributed by atoms with Gasteiger partial charge in [-0.3, -0.25) is 0 Å². The van der Waals surface area contributed by atoms with Gasteiger partial charge in [-0.2, -0.15) is 0 Å². The van der Waals surface area contributed by atoms with Crippen LogP contribution in [0.15, 0.2) is 115 Å². The van der Waals surface area contributed by atoms with Crippen LogP contribution in [-0.4, -0.2) is 0 Å². The van der Waals surface area contributed by atoms with Crippen LogP contribution in [0.2, 0.25) is 5.02 Å². The van der Waals surface area contributed by atoms with Gasteiger partial charge in [-0.05, 0) is 124 Å². The molecule has 4 saturated carbocycles. The van der Waals surface area contributed by atoms with Gasteiger partial charge in [0.2, 0.25) is 0 Å². The minimum atomic E-state index is 0.223. The highest BCUT2D eigenvalue weighted by Crippen LogP contribution is 2.69. The molecular formula is C40H33Cl. The fourth-order valence-corrected chi connectivity index (χ4v) is 9.91. The van der Waals surface area contributed by atoms with Crippen LogP contribution in [0.3, 0.4) is 0 Å². The number of rotatable bonds is 3. The number of benzene rings is 5. The lowest BCUT2D eigenvalue weighted by Gasteiger charge is -2.61. The van der Waals surface area contributed by atoms with Crippen molar-refractivity contribution in [1.29, 1.82) is 0 Å². The molecule has 5 aliphatic carbocycles. The van der Waals surface area contributed by atoms with E-state index in [9.17, 15) is 0 Å². The first-order chi connectivity index (χ1) is 20.2. The predicted octanol–water partition coefficient (Wildman–Crippen LogP) is 11.1. The van der Waals surface area contributed by atoms with Crippen molar-refractivity contribution in [2.75, 3.05) is 0 Å². The molecule has 5 aromatic rings. The van der Waals surface area contributed by atoms with Crippen LogP contribution in [-0.2, 0) is 5.41 Å². The fraction of sp³-hybridized carbons (Fsp3) is 0.250. The molecule has 0 radical (unpaired) electrons. The Morgan fingerprint density at radius 1 is 0.439 bits per heavy atom. The second kappa shape index (κ2) is 8.94. The Bertz CT molecular complexity index is 1750. The third-order valence-electron chi connectivity index (χ3n) is 11.2. The average Bonchev–Trinajstić information content (AvgIpc) is 3.31. The second-order valence-electron chi connectivity index (χ2n) is 13.1. The maximum absolute atomic E-state index is 6.08. The monoisotopic (exact) mass is 548 g/mol. The molecule has 41 heavy (non-hydrogen) atoms. The van der Waals surface area contributed by atoms with E-state index in [2.05, 4.69) is 103 Å². The molecule has 10 rings (SSSR count). The van der Waals surface area contributed by atoms with Gasteiger partial charge in [0.25, 0.3) is 0 Å². The predicted molar refractivity (Wildman–Crippen MR) is 171 cm³/mol. The first-order valence-electron chi connectivity index (χ1n) is 15.4. The van der Waals surface area contributed by atoms with E-state index < -0.39 is 0 Å². The van der Waals surface area contributed by atoms with Gasteiger partial charge in [0.1, 0.15) is 0 Å². The molecule has 0 saturated heterocycles. The summed E-state index contributed by atoms with van der Waals surface area (Å²) in [5, 5.41) is 0.770.